The van der Waals surface area contributed by atoms with Gasteiger partial charge >= 0.3 is 6.03 Å². The summed E-state index contributed by atoms with van der Waals surface area (Å²) in [4.78, 5) is 31.1. The van der Waals surface area contributed by atoms with E-state index in [0.29, 0.717) is 33.5 Å². The van der Waals surface area contributed by atoms with Crippen LogP contribution in [0.15, 0.2) is 60.7 Å². The summed E-state index contributed by atoms with van der Waals surface area (Å²) in [5.41, 5.74) is -0.0769. The summed E-state index contributed by atoms with van der Waals surface area (Å²) in [7, 11) is 5.01. The fourth-order valence-electron chi connectivity index (χ4n) is 3.94. The van der Waals surface area contributed by atoms with Crippen molar-refractivity contribution in [2.24, 2.45) is 0 Å². The predicted octanol–water partition coefficient (Wildman–Crippen LogP) is 4.30. The Kier molecular flexibility index (Phi) is 6.60. The lowest BCUT2D eigenvalue weighted by Gasteiger charge is -2.29. The van der Waals surface area contributed by atoms with Crippen molar-refractivity contribution in [1.29, 1.82) is 0 Å². The molecular weight excluding hydrogens is 462 g/mol. The van der Waals surface area contributed by atoms with Crippen LogP contribution in [0.2, 0.25) is 4.34 Å². The van der Waals surface area contributed by atoms with Gasteiger partial charge in [-0.3, -0.25) is 9.69 Å². The van der Waals surface area contributed by atoms with Crippen molar-refractivity contribution in [2.75, 3.05) is 27.9 Å². The highest BCUT2D eigenvalue weighted by Gasteiger charge is 2.53. The first-order chi connectivity index (χ1) is 15.9. The molecule has 0 radical (unpaired) electrons. The van der Waals surface area contributed by atoms with Gasteiger partial charge in [-0.15, -0.1) is 11.3 Å². The first-order valence-corrected chi connectivity index (χ1v) is 11.4. The zero-order chi connectivity index (χ0) is 23.6. The first-order valence-electron chi connectivity index (χ1n) is 10.2. The molecule has 2 aromatic carbocycles. The molecule has 2 heterocycles. The molecule has 4 rings (SSSR count). The zero-order valence-electron chi connectivity index (χ0n) is 18.5. The van der Waals surface area contributed by atoms with Crippen molar-refractivity contribution < 1.29 is 19.1 Å². The summed E-state index contributed by atoms with van der Waals surface area (Å²) in [5, 5.41) is 2.96. The number of thiophene rings is 1. The molecule has 0 aliphatic carbocycles. The third kappa shape index (κ3) is 4.42. The number of halogens is 1. The van der Waals surface area contributed by atoms with E-state index < -0.39 is 11.6 Å². The van der Waals surface area contributed by atoms with Crippen LogP contribution in [0, 0.1) is 0 Å². The normalized spacial score (nSPS) is 15.1. The van der Waals surface area contributed by atoms with Gasteiger partial charge in [-0.05, 0) is 54.6 Å². The molecule has 172 valence electrons. The van der Waals surface area contributed by atoms with Crippen molar-refractivity contribution >= 4 is 34.9 Å². The van der Waals surface area contributed by atoms with Crippen LogP contribution in [0.3, 0.4) is 0 Å². The standard InChI is InChI=1S/C24H24ClN3O4S/c1-27(14-20-12-13-21(25)33-20)15-28-22(29)24(26-23(28)30,16-4-8-18(31-2)9-5-16)17-6-10-19(32-3)11-7-17/h4-13H,14-15H2,1-3H3,(H,26,30). The molecule has 1 aromatic heterocycles. The maximum absolute atomic E-state index is 13.9. The number of benzene rings is 2. The lowest BCUT2D eigenvalue weighted by atomic mass is 9.82. The van der Waals surface area contributed by atoms with E-state index in [0.717, 1.165) is 4.88 Å². The van der Waals surface area contributed by atoms with Crippen molar-refractivity contribution in [2.45, 2.75) is 12.1 Å². The minimum atomic E-state index is -1.36. The Labute approximate surface area is 201 Å². The molecule has 0 unspecified atom stereocenters. The SMILES string of the molecule is COc1ccc(C2(c3ccc(OC)cc3)NC(=O)N(CN(C)Cc3ccc(Cl)s3)C2=O)cc1. The summed E-state index contributed by atoms with van der Waals surface area (Å²) in [6, 6.07) is 17.6. The van der Waals surface area contributed by atoms with E-state index in [1.807, 2.05) is 24.1 Å². The van der Waals surface area contributed by atoms with E-state index in [1.54, 1.807) is 62.8 Å². The topological polar surface area (TPSA) is 71.1 Å². The second-order valence-electron chi connectivity index (χ2n) is 7.73. The summed E-state index contributed by atoms with van der Waals surface area (Å²) in [6.45, 7) is 0.695. The van der Waals surface area contributed by atoms with Gasteiger partial charge in [0.2, 0.25) is 0 Å². The molecule has 9 heteroatoms. The molecule has 1 aliphatic heterocycles. The Hall–Kier alpha value is -3.07. The molecule has 1 fully saturated rings. The Morgan fingerprint density at radius 3 is 1.94 bits per heavy atom. The molecule has 3 aromatic rings. The van der Waals surface area contributed by atoms with E-state index in [-0.39, 0.29) is 12.6 Å². The van der Waals surface area contributed by atoms with Gasteiger partial charge < -0.3 is 14.8 Å². The zero-order valence-corrected chi connectivity index (χ0v) is 20.1. The van der Waals surface area contributed by atoms with Crippen LogP contribution in [-0.2, 0) is 16.9 Å². The molecule has 0 atom stereocenters. The molecule has 3 amide bonds. The first kappa shape index (κ1) is 23.1. The number of nitrogens with zero attached hydrogens (tertiary/aromatic N) is 2. The van der Waals surface area contributed by atoms with E-state index in [2.05, 4.69) is 5.32 Å². The molecule has 0 bridgehead atoms. The Bertz CT molecular complexity index is 1100. The second-order valence-corrected chi connectivity index (χ2v) is 9.53. The highest BCUT2D eigenvalue weighted by atomic mass is 35.5. The fraction of sp³-hybridized carbons (Fsp3) is 0.250. The maximum atomic E-state index is 13.9. The van der Waals surface area contributed by atoms with Gasteiger partial charge in [0.05, 0.1) is 25.2 Å². The monoisotopic (exact) mass is 485 g/mol. The summed E-state index contributed by atoms with van der Waals surface area (Å²) in [6.07, 6.45) is 0. The number of ether oxygens (including phenoxy) is 2. The third-order valence-electron chi connectivity index (χ3n) is 5.59. The minimum Gasteiger partial charge on any atom is -0.497 e. The van der Waals surface area contributed by atoms with E-state index in [1.165, 1.54) is 16.2 Å². The molecule has 33 heavy (non-hydrogen) atoms. The number of amides is 3. The maximum Gasteiger partial charge on any atom is 0.326 e. The predicted molar refractivity (Wildman–Crippen MR) is 128 cm³/mol. The van der Waals surface area contributed by atoms with Crippen molar-refractivity contribution in [3.63, 3.8) is 0 Å². The van der Waals surface area contributed by atoms with Crippen LogP contribution in [0.25, 0.3) is 0 Å². The number of nitrogens with one attached hydrogen (secondary N) is 1. The molecule has 1 aliphatic rings. The van der Waals surface area contributed by atoms with Gasteiger partial charge in [-0.1, -0.05) is 35.9 Å². The van der Waals surface area contributed by atoms with E-state index in [4.69, 9.17) is 21.1 Å². The van der Waals surface area contributed by atoms with Gasteiger partial charge in [0.1, 0.15) is 11.5 Å². The van der Waals surface area contributed by atoms with Gasteiger partial charge in [0.15, 0.2) is 5.54 Å². The minimum absolute atomic E-state index is 0.133. The molecule has 0 saturated carbocycles. The highest BCUT2D eigenvalue weighted by molar-refractivity contribution is 7.16. The third-order valence-corrected chi connectivity index (χ3v) is 6.80. The van der Waals surface area contributed by atoms with Crippen LogP contribution in [-0.4, -0.2) is 49.7 Å². The Balaban J connectivity index is 1.68. The second kappa shape index (κ2) is 9.43. The van der Waals surface area contributed by atoms with Gasteiger partial charge in [0.25, 0.3) is 5.91 Å². The number of imide groups is 1. The molecule has 1 saturated heterocycles. The average molecular weight is 486 g/mol. The van der Waals surface area contributed by atoms with Gasteiger partial charge in [-0.25, -0.2) is 9.69 Å². The number of hydrogen-bond acceptors (Lipinski definition) is 6. The van der Waals surface area contributed by atoms with Crippen molar-refractivity contribution in [3.8, 4) is 11.5 Å². The Morgan fingerprint density at radius 1 is 0.939 bits per heavy atom. The van der Waals surface area contributed by atoms with Crippen LogP contribution in [0.4, 0.5) is 4.79 Å². The molecule has 7 nitrogen and oxygen atoms in total. The lowest BCUT2D eigenvalue weighted by Crippen LogP contribution is -2.46. The van der Waals surface area contributed by atoms with Crippen molar-refractivity contribution in [1.82, 2.24) is 15.1 Å². The van der Waals surface area contributed by atoms with Crippen molar-refractivity contribution in [3.05, 3.63) is 81.0 Å². The molecular formula is C24H24ClN3O4S. The van der Waals surface area contributed by atoms with Crippen LogP contribution in [0.5, 0.6) is 11.5 Å². The van der Waals surface area contributed by atoms with Crippen LogP contribution in [0.1, 0.15) is 16.0 Å². The Morgan fingerprint density at radius 2 is 1.48 bits per heavy atom. The molecule has 0 spiro atoms. The number of methoxy groups -OCH3 is 2. The highest BCUT2D eigenvalue weighted by Crippen LogP contribution is 2.37. The number of carbonyl (C=O) groups is 2. The van der Waals surface area contributed by atoms with E-state index in [9.17, 15) is 9.59 Å². The van der Waals surface area contributed by atoms with Crippen LogP contribution >= 0.6 is 22.9 Å². The number of urea groups is 1. The van der Waals surface area contributed by atoms with E-state index >= 15 is 0 Å². The average Bonchev–Trinajstić information content (AvgIpc) is 3.35. The summed E-state index contributed by atoms with van der Waals surface area (Å²) in [5.74, 6) is 0.970. The number of rotatable bonds is 8. The lowest BCUT2D eigenvalue weighted by molar-refractivity contribution is -0.131. The summed E-state index contributed by atoms with van der Waals surface area (Å²) >= 11 is 7.50. The smallest absolute Gasteiger partial charge is 0.326 e. The van der Waals surface area contributed by atoms with Crippen LogP contribution < -0.4 is 14.8 Å². The molecule has 1 N–H and O–H groups in total. The number of hydrogen-bond donors (Lipinski definition) is 1. The van der Waals surface area contributed by atoms with Gasteiger partial charge in [0, 0.05) is 11.4 Å². The number of carbonyl (C=O) groups excluding carboxylic acids is 2. The quantitative estimate of drug-likeness (QED) is 0.481. The van der Waals surface area contributed by atoms with Gasteiger partial charge in [-0.2, -0.15) is 0 Å². The largest absolute Gasteiger partial charge is 0.497 e. The summed E-state index contributed by atoms with van der Waals surface area (Å²) < 4.78 is 11.2. The fourth-order valence-corrected chi connectivity index (χ4v) is 5.11.